The minimum absolute atomic E-state index is 0.0781. The SMILES string of the molecule is O=C1[C@@H]2C[C@@H](CN2CC2CC2)Oc2ccccc2N1Cc1cccnc1. The van der Waals surface area contributed by atoms with Gasteiger partial charge in [-0.1, -0.05) is 18.2 Å². The monoisotopic (exact) mass is 349 g/mol. The van der Waals surface area contributed by atoms with Crippen LogP contribution in [0.3, 0.4) is 0 Å². The summed E-state index contributed by atoms with van der Waals surface area (Å²) in [6.45, 7) is 2.39. The Balaban J connectivity index is 1.51. The Morgan fingerprint density at radius 1 is 1.15 bits per heavy atom. The summed E-state index contributed by atoms with van der Waals surface area (Å²) in [7, 11) is 0. The fourth-order valence-corrected chi connectivity index (χ4v) is 4.13. The number of hydrogen-bond acceptors (Lipinski definition) is 4. The van der Waals surface area contributed by atoms with E-state index in [-0.39, 0.29) is 18.1 Å². The van der Waals surface area contributed by atoms with Gasteiger partial charge in [-0.25, -0.2) is 0 Å². The molecule has 134 valence electrons. The normalized spacial score (nSPS) is 25.4. The molecule has 5 rings (SSSR count). The van der Waals surface area contributed by atoms with Gasteiger partial charge in [-0.15, -0.1) is 0 Å². The highest BCUT2D eigenvalue weighted by molar-refractivity contribution is 5.99. The van der Waals surface area contributed by atoms with Crippen LogP contribution < -0.4 is 9.64 Å². The van der Waals surface area contributed by atoms with Crippen LogP contribution in [0.2, 0.25) is 0 Å². The zero-order chi connectivity index (χ0) is 17.5. The molecule has 5 heteroatoms. The van der Waals surface area contributed by atoms with Crippen molar-refractivity contribution in [2.75, 3.05) is 18.0 Å². The molecule has 0 unspecified atom stereocenters. The van der Waals surface area contributed by atoms with E-state index in [1.165, 1.54) is 12.8 Å². The maximum absolute atomic E-state index is 13.5. The number of carbonyl (C=O) groups is 1. The summed E-state index contributed by atoms with van der Waals surface area (Å²) in [6.07, 6.45) is 7.06. The summed E-state index contributed by atoms with van der Waals surface area (Å²) in [5.41, 5.74) is 1.89. The highest BCUT2D eigenvalue weighted by Gasteiger charge is 2.44. The maximum Gasteiger partial charge on any atom is 0.244 e. The van der Waals surface area contributed by atoms with Crippen LogP contribution in [0.5, 0.6) is 5.75 Å². The number of benzene rings is 1. The van der Waals surface area contributed by atoms with E-state index in [0.717, 1.165) is 42.4 Å². The molecule has 0 spiro atoms. The largest absolute Gasteiger partial charge is 0.487 e. The Hall–Kier alpha value is -2.40. The van der Waals surface area contributed by atoms with Gasteiger partial charge in [0.2, 0.25) is 5.91 Å². The number of carbonyl (C=O) groups excluding carboxylic acids is 1. The van der Waals surface area contributed by atoms with Crippen molar-refractivity contribution >= 4 is 11.6 Å². The molecule has 3 aliphatic rings. The van der Waals surface area contributed by atoms with Gasteiger partial charge in [-0.05, 0) is 42.5 Å². The van der Waals surface area contributed by atoms with E-state index in [4.69, 9.17) is 4.74 Å². The quantitative estimate of drug-likeness (QED) is 0.851. The van der Waals surface area contributed by atoms with Crippen molar-refractivity contribution in [2.45, 2.75) is 38.0 Å². The van der Waals surface area contributed by atoms with Crippen LogP contribution >= 0.6 is 0 Å². The first-order valence-corrected chi connectivity index (χ1v) is 9.48. The number of nitrogens with zero attached hydrogens (tertiary/aromatic N) is 3. The molecule has 2 aliphatic heterocycles. The van der Waals surface area contributed by atoms with Crippen molar-refractivity contribution in [3.05, 3.63) is 54.4 Å². The average molecular weight is 349 g/mol. The van der Waals surface area contributed by atoms with Crippen LogP contribution in [-0.2, 0) is 11.3 Å². The van der Waals surface area contributed by atoms with E-state index in [9.17, 15) is 4.79 Å². The molecular formula is C21H23N3O2. The molecule has 0 radical (unpaired) electrons. The molecule has 1 aromatic carbocycles. The molecule has 3 heterocycles. The van der Waals surface area contributed by atoms with Crippen LogP contribution in [0, 0.1) is 5.92 Å². The molecule has 1 amide bonds. The van der Waals surface area contributed by atoms with E-state index in [1.807, 2.05) is 47.5 Å². The predicted octanol–water partition coefficient (Wildman–Crippen LogP) is 2.86. The van der Waals surface area contributed by atoms with Crippen molar-refractivity contribution < 1.29 is 9.53 Å². The summed E-state index contributed by atoms with van der Waals surface area (Å²) in [5.74, 6) is 1.76. The number of fused-ring (bicyclic) bond motifs is 3. The third-order valence-electron chi connectivity index (χ3n) is 5.62. The molecule has 2 bridgehead atoms. The summed E-state index contributed by atoms with van der Waals surface area (Å²) in [4.78, 5) is 22.0. The number of amides is 1. The number of likely N-dealkylation sites (tertiary alicyclic amines) is 1. The van der Waals surface area contributed by atoms with Gasteiger partial charge in [0.25, 0.3) is 0 Å². The van der Waals surface area contributed by atoms with Crippen molar-refractivity contribution in [3.63, 3.8) is 0 Å². The molecule has 2 atom stereocenters. The molecular weight excluding hydrogens is 326 g/mol. The Labute approximate surface area is 153 Å². The van der Waals surface area contributed by atoms with Gasteiger partial charge in [-0.3, -0.25) is 14.7 Å². The first-order valence-electron chi connectivity index (χ1n) is 9.48. The highest BCUT2D eigenvalue weighted by Crippen LogP contribution is 2.39. The third kappa shape index (κ3) is 2.97. The molecule has 0 N–H and O–H groups in total. The van der Waals surface area contributed by atoms with Gasteiger partial charge in [0.1, 0.15) is 11.9 Å². The fraction of sp³-hybridized carbons (Fsp3) is 0.429. The van der Waals surface area contributed by atoms with Gasteiger partial charge in [0, 0.05) is 31.9 Å². The lowest BCUT2D eigenvalue weighted by Gasteiger charge is -2.32. The lowest BCUT2D eigenvalue weighted by Crippen LogP contribution is -2.46. The average Bonchev–Trinajstić information content (AvgIpc) is 3.38. The van der Waals surface area contributed by atoms with Gasteiger partial charge in [-0.2, -0.15) is 0 Å². The zero-order valence-corrected chi connectivity index (χ0v) is 14.8. The number of aromatic nitrogens is 1. The standard InChI is InChI=1S/C21H23N3O2/c25-21-19-10-17(14-23(19)12-15-7-8-15)26-20-6-2-1-5-18(20)24(21)13-16-4-3-9-22-11-16/h1-6,9,11,15,17,19H,7-8,10,12-14H2/t17-,19-/m0/s1. The Morgan fingerprint density at radius 2 is 2.04 bits per heavy atom. The second-order valence-corrected chi connectivity index (χ2v) is 7.64. The Bertz CT molecular complexity index is 806. The molecule has 2 fully saturated rings. The summed E-state index contributed by atoms with van der Waals surface area (Å²) in [5, 5.41) is 0. The predicted molar refractivity (Wildman–Crippen MR) is 99.0 cm³/mol. The van der Waals surface area contributed by atoms with Gasteiger partial charge in [0.15, 0.2) is 0 Å². The number of para-hydroxylation sites is 2. The molecule has 1 saturated heterocycles. The van der Waals surface area contributed by atoms with E-state index in [2.05, 4.69) is 9.88 Å². The summed E-state index contributed by atoms with van der Waals surface area (Å²) < 4.78 is 6.33. The van der Waals surface area contributed by atoms with Crippen molar-refractivity contribution in [2.24, 2.45) is 5.92 Å². The second kappa shape index (κ2) is 6.40. The molecule has 1 aliphatic carbocycles. The first-order chi connectivity index (χ1) is 12.8. The van der Waals surface area contributed by atoms with E-state index < -0.39 is 0 Å². The topological polar surface area (TPSA) is 45.7 Å². The van der Waals surface area contributed by atoms with E-state index >= 15 is 0 Å². The van der Waals surface area contributed by atoms with Crippen LogP contribution in [0.15, 0.2) is 48.8 Å². The van der Waals surface area contributed by atoms with Crippen LogP contribution in [0.4, 0.5) is 5.69 Å². The van der Waals surface area contributed by atoms with Crippen molar-refractivity contribution in [1.29, 1.82) is 0 Å². The highest BCUT2D eigenvalue weighted by atomic mass is 16.5. The maximum atomic E-state index is 13.5. The lowest BCUT2D eigenvalue weighted by molar-refractivity contribution is -0.123. The van der Waals surface area contributed by atoms with Crippen molar-refractivity contribution in [1.82, 2.24) is 9.88 Å². The van der Waals surface area contributed by atoms with Gasteiger partial charge >= 0.3 is 0 Å². The van der Waals surface area contributed by atoms with E-state index in [1.54, 1.807) is 6.20 Å². The minimum atomic E-state index is -0.0781. The summed E-state index contributed by atoms with van der Waals surface area (Å²) >= 11 is 0. The lowest BCUT2D eigenvalue weighted by atomic mass is 10.1. The smallest absolute Gasteiger partial charge is 0.244 e. The zero-order valence-electron chi connectivity index (χ0n) is 14.8. The minimum Gasteiger partial charge on any atom is -0.487 e. The molecule has 5 nitrogen and oxygen atoms in total. The first kappa shape index (κ1) is 15.8. The number of hydrogen-bond donors (Lipinski definition) is 0. The van der Waals surface area contributed by atoms with Crippen LogP contribution in [0.25, 0.3) is 0 Å². The number of pyridine rings is 1. The van der Waals surface area contributed by atoms with Crippen LogP contribution in [0.1, 0.15) is 24.8 Å². The van der Waals surface area contributed by atoms with Gasteiger partial charge in [0.05, 0.1) is 18.3 Å². The number of ether oxygens (including phenoxy) is 1. The van der Waals surface area contributed by atoms with Gasteiger partial charge < -0.3 is 9.64 Å². The second-order valence-electron chi connectivity index (χ2n) is 7.64. The van der Waals surface area contributed by atoms with Crippen molar-refractivity contribution in [3.8, 4) is 5.75 Å². The molecule has 1 aromatic heterocycles. The molecule has 1 saturated carbocycles. The summed E-state index contributed by atoms with van der Waals surface area (Å²) in [6, 6.07) is 11.8. The van der Waals surface area contributed by atoms with Crippen LogP contribution in [-0.4, -0.2) is 41.0 Å². The third-order valence-corrected chi connectivity index (χ3v) is 5.62. The molecule has 26 heavy (non-hydrogen) atoms. The van der Waals surface area contributed by atoms with E-state index in [0.29, 0.717) is 6.54 Å². The fourth-order valence-electron chi connectivity index (χ4n) is 4.13. The Morgan fingerprint density at radius 3 is 2.85 bits per heavy atom. The number of anilines is 1. The number of rotatable bonds is 4. The molecule has 2 aromatic rings. The Kier molecular flexibility index (Phi) is 3.89.